The summed E-state index contributed by atoms with van der Waals surface area (Å²) in [5.74, 6) is -1.29. The third-order valence-electron chi connectivity index (χ3n) is 7.28. The molecule has 2 aromatic carbocycles. The van der Waals surface area contributed by atoms with Gasteiger partial charge in [0, 0.05) is 37.7 Å². The molecule has 0 saturated heterocycles. The molecule has 4 aromatic rings. The molecule has 5 N–H and O–H groups in total. The molecule has 0 unspecified atom stereocenters. The Morgan fingerprint density at radius 1 is 1.00 bits per heavy atom. The molecule has 0 aliphatic rings. The predicted octanol–water partition coefficient (Wildman–Crippen LogP) is 5.94. The van der Waals surface area contributed by atoms with E-state index in [9.17, 15) is 32.3 Å². The molecule has 0 radical (unpaired) electrons. The van der Waals surface area contributed by atoms with E-state index in [4.69, 9.17) is 0 Å². The van der Waals surface area contributed by atoms with Crippen LogP contribution in [0.4, 0.5) is 36.3 Å². The second kappa shape index (κ2) is 12.2. The first-order valence-electron chi connectivity index (χ1n) is 13.2. The normalized spacial score (nSPS) is 12.2. The summed E-state index contributed by atoms with van der Waals surface area (Å²) in [5.41, 5.74) is 1.18. The van der Waals surface area contributed by atoms with Crippen LogP contribution >= 0.6 is 7.60 Å². The first-order chi connectivity index (χ1) is 20.2. The molecule has 0 saturated carbocycles. The van der Waals surface area contributed by atoms with Gasteiger partial charge in [-0.25, -0.2) is 4.98 Å². The fourth-order valence-corrected chi connectivity index (χ4v) is 6.14. The van der Waals surface area contributed by atoms with Crippen molar-refractivity contribution >= 4 is 36.6 Å². The standard InChI is InChI=1S/C28H31F3N7O4P/c1-5-27(6-2,43(40,41)42)19-8-10-20(11-9-19)35-26-33-15-22(28(29,30)31)24(37-26)36-23-12-7-17(13-21(23)25(39)32-3)18-14-34-38(4)16-18/h7-16H,5-6H2,1-4H3,(H,32,39)(H2,40,41,42)(H2,33,35,36,37). The van der Waals surface area contributed by atoms with Gasteiger partial charge in [0.15, 0.2) is 0 Å². The molecule has 43 heavy (non-hydrogen) atoms. The lowest BCUT2D eigenvalue weighted by atomic mass is 9.92. The number of rotatable bonds is 10. The Morgan fingerprint density at radius 3 is 2.21 bits per heavy atom. The minimum atomic E-state index is -4.81. The SMILES string of the molecule is CCC(CC)(c1ccc(Nc2ncc(C(F)(F)F)c(Nc3ccc(-c4cnn(C)c4)cc3C(=O)NC)n2)cc1)P(=O)(O)O. The summed E-state index contributed by atoms with van der Waals surface area (Å²) in [5, 5.41) is 10.7. The number of aromatic nitrogens is 4. The van der Waals surface area contributed by atoms with Crippen molar-refractivity contribution in [2.24, 2.45) is 7.05 Å². The maximum atomic E-state index is 13.9. The topological polar surface area (TPSA) is 154 Å². The molecule has 15 heteroatoms. The molecule has 0 aliphatic heterocycles. The Kier molecular flexibility index (Phi) is 8.95. The Bertz CT molecular complexity index is 1670. The van der Waals surface area contributed by atoms with E-state index in [1.807, 2.05) is 0 Å². The number of carbonyl (C=O) groups is 1. The predicted molar refractivity (Wildman–Crippen MR) is 156 cm³/mol. The van der Waals surface area contributed by atoms with Gasteiger partial charge in [-0.15, -0.1) is 0 Å². The molecule has 0 spiro atoms. The van der Waals surface area contributed by atoms with Crippen molar-refractivity contribution < 1.29 is 32.3 Å². The van der Waals surface area contributed by atoms with E-state index < -0.39 is 36.2 Å². The van der Waals surface area contributed by atoms with Crippen LogP contribution in [0, 0.1) is 0 Å². The van der Waals surface area contributed by atoms with E-state index in [1.165, 1.54) is 19.2 Å². The van der Waals surface area contributed by atoms with Crippen molar-refractivity contribution in [1.29, 1.82) is 0 Å². The highest BCUT2D eigenvalue weighted by atomic mass is 31.2. The lowest BCUT2D eigenvalue weighted by Crippen LogP contribution is -2.24. The molecule has 2 aromatic heterocycles. The minimum Gasteiger partial charge on any atom is -0.355 e. The third-order valence-corrected chi connectivity index (χ3v) is 9.29. The van der Waals surface area contributed by atoms with Crippen LogP contribution in [0.2, 0.25) is 0 Å². The molecule has 11 nitrogen and oxygen atoms in total. The van der Waals surface area contributed by atoms with Gasteiger partial charge in [0.25, 0.3) is 5.91 Å². The fourth-order valence-electron chi connectivity index (χ4n) is 4.83. The molecule has 0 bridgehead atoms. The average Bonchev–Trinajstić information content (AvgIpc) is 3.39. The zero-order valence-corrected chi connectivity index (χ0v) is 24.7. The van der Waals surface area contributed by atoms with Gasteiger partial charge in [0.05, 0.1) is 22.6 Å². The quantitative estimate of drug-likeness (QED) is 0.136. The van der Waals surface area contributed by atoms with Gasteiger partial charge >= 0.3 is 13.8 Å². The first kappa shape index (κ1) is 31.7. The van der Waals surface area contributed by atoms with Crippen LogP contribution in [-0.4, -0.2) is 42.5 Å². The molecule has 2 heterocycles. The number of aryl methyl sites for hydroxylation is 1. The number of hydrogen-bond donors (Lipinski definition) is 5. The number of benzene rings is 2. The lowest BCUT2D eigenvalue weighted by Gasteiger charge is -2.33. The summed E-state index contributed by atoms with van der Waals surface area (Å²) in [7, 11) is -1.35. The molecular formula is C28H31F3N7O4P. The van der Waals surface area contributed by atoms with Crippen LogP contribution in [0.1, 0.15) is 48.2 Å². The van der Waals surface area contributed by atoms with Crippen LogP contribution in [-0.2, 0) is 22.9 Å². The summed E-state index contributed by atoms with van der Waals surface area (Å²) in [6, 6.07) is 10.9. The first-order valence-corrected chi connectivity index (χ1v) is 14.8. The number of carbonyl (C=O) groups excluding carboxylic acids is 1. The van der Waals surface area contributed by atoms with Crippen LogP contribution in [0.5, 0.6) is 0 Å². The highest BCUT2D eigenvalue weighted by molar-refractivity contribution is 7.53. The van der Waals surface area contributed by atoms with Gasteiger partial charge in [-0.3, -0.25) is 14.0 Å². The van der Waals surface area contributed by atoms with Gasteiger partial charge in [-0.2, -0.15) is 23.3 Å². The van der Waals surface area contributed by atoms with Gasteiger partial charge in [0.2, 0.25) is 5.95 Å². The summed E-state index contributed by atoms with van der Waals surface area (Å²) in [6.07, 6.45) is -0.426. The summed E-state index contributed by atoms with van der Waals surface area (Å²) in [4.78, 5) is 40.6. The molecule has 0 atom stereocenters. The van der Waals surface area contributed by atoms with Crippen molar-refractivity contribution in [2.45, 2.75) is 38.0 Å². The molecular weight excluding hydrogens is 586 g/mol. The highest BCUT2D eigenvalue weighted by Gasteiger charge is 2.45. The zero-order chi connectivity index (χ0) is 31.6. The van der Waals surface area contributed by atoms with Crippen molar-refractivity contribution in [2.75, 3.05) is 17.7 Å². The van der Waals surface area contributed by atoms with Crippen molar-refractivity contribution in [3.8, 4) is 11.1 Å². The molecule has 228 valence electrons. The molecule has 0 aliphatic carbocycles. The molecule has 4 rings (SSSR count). The van der Waals surface area contributed by atoms with E-state index >= 15 is 0 Å². The number of hydrogen-bond acceptors (Lipinski definition) is 7. The van der Waals surface area contributed by atoms with Crippen LogP contribution in [0.25, 0.3) is 11.1 Å². The average molecular weight is 618 g/mol. The summed E-state index contributed by atoms with van der Waals surface area (Å²) < 4.78 is 55.7. The number of anilines is 4. The second-order valence-electron chi connectivity index (χ2n) is 9.81. The third kappa shape index (κ3) is 6.56. The highest BCUT2D eigenvalue weighted by Crippen LogP contribution is 2.60. The maximum absolute atomic E-state index is 13.9. The number of amides is 1. The van der Waals surface area contributed by atoms with Crippen LogP contribution in [0.3, 0.4) is 0 Å². The number of alkyl halides is 3. The number of nitrogens with zero attached hydrogens (tertiary/aromatic N) is 4. The van der Waals surface area contributed by atoms with Gasteiger partial charge in [0.1, 0.15) is 11.4 Å². The van der Waals surface area contributed by atoms with E-state index in [1.54, 1.807) is 68.3 Å². The van der Waals surface area contributed by atoms with Crippen molar-refractivity contribution in [1.82, 2.24) is 25.1 Å². The Hall–Kier alpha value is -4.26. The molecule has 0 fully saturated rings. The summed E-state index contributed by atoms with van der Waals surface area (Å²) >= 11 is 0. The van der Waals surface area contributed by atoms with Gasteiger partial charge < -0.3 is 25.7 Å². The zero-order valence-electron chi connectivity index (χ0n) is 23.8. The number of halogens is 3. The van der Waals surface area contributed by atoms with Crippen molar-refractivity contribution in [3.05, 3.63) is 77.7 Å². The van der Waals surface area contributed by atoms with E-state index in [0.717, 1.165) is 0 Å². The summed E-state index contributed by atoms with van der Waals surface area (Å²) in [6.45, 7) is 3.39. The maximum Gasteiger partial charge on any atom is 0.421 e. The monoisotopic (exact) mass is 617 g/mol. The van der Waals surface area contributed by atoms with E-state index in [0.29, 0.717) is 28.6 Å². The van der Waals surface area contributed by atoms with E-state index in [2.05, 4.69) is 31.0 Å². The Balaban J connectivity index is 1.69. The number of nitrogens with one attached hydrogen (secondary N) is 3. The second-order valence-corrected chi connectivity index (χ2v) is 11.8. The fraction of sp³-hybridized carbons (Fsp3) is 0.286. The minimum absolute atomic E-state index is 0.0828. The lowest BCUT2D eigenvalue weighted by molar-refractivity contribution is -0.137. The largest absolute Gasteiger partial charge is 0.421 e. The van der Waals surface area contributed by atoms with Crippen LogP contribution < -0.4 is 16.0 Å². The Morgan fingerprint density at radius 2 is 1.67 bits per heavy atom. The molecule has 1 amide bonds. The van der Waals surface area contributed by atoms with Gasteiger partial charge in [-0.05, 0) is 48.2 Å². The Labute approximate surface area is 245 Å². The smallest absolute Gasteiger partial charge is 0.355 e. The van der Waals surface area contributed by atoms with Crippen molar-refractivity contribution in [3.63, 3.8) is 0 Å². The van der Waals surface area contributed by atoms with Gasteiger partial charge in [-0.1, -0.05) is 32.0 Å². The van der Waals surface area contributed by atoms with E-state index in [-0.39, 0.29) is 30.0 Å². The van der Waals surface area contributed by atoms with Crippen LogP contribution in [0.15, 0.2) is 61.1 Å².